The van der Waals surface area contributed by atoms with Gasteiger partial charge in [0, 0.05) is 6.54 Å². The van der Waals surface area contributed by atoms with Crippen molar-refractivity contribution in [3.63, 3.8) is 0 Å². The molecule has 0 bridgehead atoms. The Morgan fingerprint density at radius 3 is 2.48 bits per heavy atom. The lowest BCUT2D eigenvalue weighted by atomic mass is 9.89. The Morgan fingerprint density at radius 2 is 1.86 bits per heavy atom. The van der Waals surface area contributed by atoms with Crippen LogP contribution in [0.3, 0.4) is 0 Å². The fourth-order valence-electron chi connectivity index (χ4n) is 2.88. The van der Waals surface area contributed by atoms with E-state index in [4.69, 9.17) is 11.3 Å². The number of benzene rings is 2. The van der Waals surface area contributed by atoms with Gasteiger partial charge in [0.15, 0.2) is 0 Å². The third kappa shape index (κ3) is 2.76. The summed E-state index contributed by atoms with van der Waals surface area (Å²) in [6.07, 6.45) is 0. The van der Waals surface area contributed by atoms with Gasteiger partial charge in [-0.05, 0) is 23.3 Å². The van der Waals surface area contributed by atoms with E-state index in [0.717, 1.165) is 18.8 Å². The molecule has 1 heterocycles. The molecule has 2 aromatic carbocycles. The standard InChI is InChI=1S/C18H18N2O/c1-19-17-13-20(18(17)15-6-4-3-5-7-15)12-14-8-10-16(21-2)11-9-14/h3-11,17-18H,12-13H2,2H3/t17-,18+/m1/s1. The first-order chi connectivity index (χ1) is 10.3. The molecule has 0 aromatic heterocycles. The Bertz CT molecular complexity index is 631. The van der Waals surface area contributed by atoms with Gasteiger partial charge in [-0.2, -0.15) is 0 Å². The minimum absolute atomic E-state index is 0.0747. The highest BCUT2D eigenvalue weighted by Crippen LogP contribution is 2.37. The molecule has 0 spiro atoms. The van der Waals surface area contributed by atoms with Gasteiger partial charge in [0.05, 0.1) is 13.7 Å². The van der Waals surface area contributed by atoms with E-state index in [9.17, 15) is 0 Å². The highest BCUT2D eigenvalue weighted by atomic mass is 16.5. The maximum atomic E-state index is 7.34. The number of nitrogens with zero attached hydrogens (tertiary/aromatic N) is 2. The van der Waals surface area contributed by atoms with Crippen LogP contribution in [0, 0.1) is 6.57 Å². The molecular weight excluding hydrogens is 260 g/mol. The van der Waals surface area contributed by atoms with E-state index in [1.165, 1.54) is 11.1 Å². The van der Waals surface area contributed by atoms with Gasteiger partial charge in [-0.3, -0.25) is 4.90 Å². The monoisotopic (exact) mass is 278 g/mol. The zero-order valence-corrected chi connectivity index (χ0v) is 12.1. The summed E-state index contributed by atoms with van der Waals surface area (Å²) in [4.78, 5) is 6.12. The van der Waals surface area contributed by atoms with E-state index in [1.807, 2.05) is 30.3 Å². The molecule has 0 N–H and O–H groups in total. The molecule has 1 fully saturated rings. The summed E-state index contributed by atoms with van der Waals surface area (Å²) in [6.45, 7) is 9.06. The lowest BCUT2D eigenvalue weighted by Crippen LogP contribution is -2.51. The van der Waals surface area contributed by atoms with E-state index in [2.05, 4.69) is 34.0 Å². The van der Waals surface area contributed by atoms with Crippen molar-refractivity contribution in [3.05, 3.63) is 77.1 Å². The molecule has 0 radical (unpaired) electrons. The molecule has 3 heteroatoms. The number of methoxy groups -OCH3 is 1. The number of hydrogen-bond acceptors (Lipinski definition) is 2. The lowest BCUT2D eigenvalue weighted by Gasteiger charge is -2.41. The highest BCUT2D eigenvalue weighted by Gasteiger charge is 2.44. The maximum Gasteiger partial charge on any atom is 0.255 e. The van der Waals surface area contributed by atoms with Crippen LogP contribution in [0.25, 0.3) is 4.85 Å². The van der Waals surface area contributed by atoms with Crippen molar-refractivity contribution in [1.82, 2.24) is 4.90 Å². The van der Waals surface area contributed by atoms with Gasteiger partial charge in [0.25, 0.3) is 6.04 Å². The van der Waals surface area contributed by atoms with Crippen molar-refractivity contribution >= 4 is 0 Å². The zero-order chi connectivity index (χ0) is 14.7. The second kappa shape index (κ2) is 5.99. The van der Waals surface area contributed by atoms with Crippen LogP contribution in [0.1, 0.15) is 17.2 Å². The van der Waals surface area contributed by atoms with Crippen molar-refractivity contribution in [3.8, 4) is 5.75 Å². The predicted octanol–water partition coefficient (Wildman–Crippen LogP) is 3.54. The molecule has 1 aliphatic heterocycles. The first kappa shape index (κ1) is 13.7. The fourth-order valence-corrected chi connectivity index (χ4v) is 2.88. The van der Waals surface area contributed by atoms with Crippen LogP contribution in [0.5, 0.6) is 5.75 Å². The second-order valence-corrected chi connectivity index (χ2v) is 5.33. The van der Waals surface area contributed by atoms with Gasteiger partial charge in [-0.25, -0.2) is 6.57 Å². The lowest BCUT2D eigenvalue weighted by molar-refractivity contribution is 0.0718. The molecule has 1 saturated heterocycles. The van der Waals surface area contributed by atoms with E-state index in [0.29, 0.717) is 0 Å². The van der Waals surface area contributed by atoms with Gasteiger partial charge in [-0.15, -0.1) is 0 Å². The Balaban J connectivity index is 1.74. The number of hydrogen-bond donors (Lipinski definition) is 0. The van der Waals surface area contributed by atoms with Crippen LogP contribution < -0.4 is 4.74 Å². The molecule has 1 aliphatic rings. The summed E-state index contributed by atoms with van der Waals surface area (Å²) in [5, 5.41) is 0. The highest BCUT2D eigenvalue weighted by molar-refractivity contribution is 5.29. The Morgan fingerprint density at radius 1 is 1.14 bits per heavy atom. The Hall–Kier alpha value is -2.31. The third-order valence-corrected chi connectivity index (χ3v) is 4.03. The first-order valence-electron chi connectivity index (χ1n) is 7.10. The minimum atomic E-state index is 0.0747. The van der Waals surface area contributed by atoms with E-state index in [-0.39, 0.29) is 12.1 Å². The maximum absolute atomic E-state index is 7.34. The molecule has 0 amide bonds. The molecule has 106 valence electrons. The molecule has 2 aromatic rings. The van der Waals surface area contributed by atoms with Crippen LogP contribution in [0.4, 0.5) is 0 Å². The predicted molar refractivity (Wildman–Crippen MR) is 83.0 cm³/mol. The SMILES string of the molecule is [C-]#[N+][C@@H]1CN(Cc2ccc(OC)cc2)[C@H]1c1ccccc1. The average molecular weight is 278 g/mol. The fraction of sp³-hybridized carbons (Fsp3) is 0.278. The van der Waals surface area contributed by atoms with Crippen molar-refractivity contribution in [2.75, 3.05) is 13.7 Å². The normalized spacial score (nSPS) is 21.3. The van der Waals surface area contributed by atoms with E-state index < -0.39 is 0 Å². The summed E-state index contributed by atoms with van der Waals surface area (Å²) >= 11 is 0. The average Bonchev–Trinajstić information content (AvgIpc) is 2.52. The molecular formula is C18H18N2O. The Labute approximate surface area is 125 Å². The number of likely N-dealkylation sites (tertiary alicyclic amines) is 1. The quantitative estimate of drug-likeness (QED) is 0.796. The molecule has 21 heavy (non-hydrogen) atoms. The summed E-state index contributed by atoms with van der Waals surface area (Å²) < 4.78 is 5.19. The molecule has 0 unspecified atom stereocenters. The van der Waals surface area contributed by atoms with Gasteiger partial charge >= 0.3 is 0 Å². The number of ether oxygens (including phenoxy) is 1. The van der Waals surface area contributed by atoms with Crippen molar-refractivity contribution < 1.29 is 4.74 Å². The molecule has 3 nitrogen and oxygen atoms in total. The third-order valence-electron chi connectivity index (χ3n) is 4.03. The van der Waals surface area contributed by atoms with Crippen molar-refractivity contribution in [2.24, 2.45) is 0 Å². The van der Waals surface area contributed by atoms with Crippen LogP contribution in [0.2, 0.25) is 0 Å². The summed E-state index contributed by atoms with van der Waals surface area (Å²) in [6, 6.07) is 18.8. The molecule has 0 aliphatic carbocycles. The van der Waals surface area contributed by atoms with Crippen molar-refractivity contribution in [2.45, 2.75) is 18.6 Å². The number of rotatable bonds is 4. The minimum Gasteiger partial charge on any atom is -0.497 e. The molecule has 2 atom stereocenters. The summed E-state index contributed by atoms with van der Waals surface area (Å²) in [7, 11) is 1.68. The first-order valence-corrected chi connectivity index (χ1v) is 7.10. The smallest absolute Gasteiger partial charge is 0.255 e. The summed E-state index contributed by atoms with van der Waals surface area (Å²) in [5.41, 5.74) is 2.48. The molecule has 3 rings (SSSR count). The van der Waals surface area contributed by atoms with E-state index in [1.54, 1.807) is 7.11 Å². The van der Waals surface area contributed by atoms with Crippen LogP contribution in [0.15, 0.2) is 54.6 Å². The van der Waals surface area contributed by atoms with Crippen LogP contribution >= 0.6 is 0 Å². The van der Waals surface area contributed by atoms with Crippen molar-refractivity contribution in [1.29, 1.82) is 0 Å². The van der Waals surface area contributed by atoms with Crippen LogP contribution in [-0.2, 0) is 6.54 Å². The second-order valence-electron chi connectivity index (χ2n) is 5.33. The largest absolute Gasteiger partial charge is 0.497 e. The molecule has 0 saturated carbocycles. The van der Waals surface area contributed by atoms with Gasteiger partial charge < -0.3 is 9.58 Å². The topological polar surface area (TPSA) is 16.8 Å². The zero-order valence-electron chi connectivity index (χ0n) is 12.1. The van der Waals surface area contributed by atoms with Gasteiger partial charge in [-0.1, -0.05) is 42.5 Å². The Kier molecular flexibility index (Phi) is 3.89. The van der Waals surface area contributed by atoms with E-state index >= 15 is 0 Å². The van der Waals surface area contributed by atoms with Gasteiger partial charge in [0.1, 0.15) is 11.8 Å². The van der Waals surface area contributed by atoms with Crippen LogP contribution in [-0.4, -0.2) is 24.6 Å². The summed E-state index contributed by atoms with van der Waals surface area (Å²) in [5.74, 6) is 0.876. The van der Waals surface area contributed by atoms with Gasteiger partial charge in [0.2, 0.25) is 0 Å².